The molecule has 6 heteroatoms. The van der Waals surface area contributed by atoms with E-state index in [9.17, 15) is 0 Å². The van der Waals surface area contributed by atoms with Crippen molar-refractivity contribution in [1.82, 2.24) is 0 Å². The summed E-state index contributed by atoms with van der Waals surface area (Å²) in [6, 6.07) is 14.5. The molecule has 0 aliphatic carbocycles. The maximum atomic E-state index is 5.41. The van der Waals surface area contributed by atoms with Crippen LogP contribution in [0, 0.1) is 6.92 Å². The number of rotatable bonds is 2. The van der Waals surface area contributed by atoms with Gasteiger partial charge in [-0.1, -0.05) is 17.7 Å². The highest BCUT2D eigenvalue weighted by Crippen LogP contribution is 2.43. The largest absolute Gasteiger partial charge is 0.332 e. The Morgan fingerprint density at radius 1 is 1.13 bits per heavy atom. The molecule has 4 rings (SSSR count). The van der Waals surface area contributed by atoms with E-state index in [0.29, 0.717) is 5.11 Å². The summed E-state index contributed by atoms with van der Waals surface area (Å²) >= 11 is 7.15. The molecule has 0 radical (unpaired) electrons. The van der Waals surface area contributed by atoms with Crippen LogP contribution in [0.3, 0.4) is 0 Å². The lowest BCUT2D eigenvalue weighted by Gasteiger charge is -2.15. The van der Waals surface area contributed by atoms with Crippen molar-refractivity contribution in [3.8, 4) is 0 Å². The molecular formula is C17H16N4S2. The number of nitrogens with zero attached hydrogens (tertiary/aromatic N) is 2. The normalized spacial score (nSPS) is 15.0. The van der Waals surface area contributed by atoms with Crippen molar-refractivity contribution in [1.29, 1.82) is 0 Å². The van der Waals surface area contributed by atoms with Crippen LogP contribution < -0.4 is 15.5 Å². The van der Waals surface area contributed by atoms with Crippen molar-refractivity contribution in [3.05, 3.63) is 48.0 Å². The number of thiocarbonyl (C=S) groups is 1. The summed E-state index contributed by atoms with van der Waals surface area (Å²) in [4.78, 5) is 8.03. The topological polar surface area (TPSA) is 39.7 Å². The Labute approximate surface area is 145 Å². The second kappa shape index (κ2) is 5.86. The van der Waals surface area contributed by atoms with Crippen LogP contribution in [0.1, 0.15) is 5.56 Å². The van der Waals surface area contributed by atoms with Gasteiger partial charge in [-0.05, 0) is 61.2 Å². The Morgan fingerprint density at radius 3 is 2.70 bits per heavy atom. The van der Waals surface area contributed by atoms with E-state index in [1.54, 1.807) is 11.8 Å². The van der Waals surface area contributed by atoms with Gasteiger partial charge in [0.05, 0.1) is 12.2 Å². The number of hydrogen-bond donors (Lipinski definition) is 2. The third kappa shape index (κ3) is 2.92. The van der Waals surface area contributed by atoms with Gasteiger partial charge in [-0.3, -0.25) is 4.99 Å². The van der Waals surface area contributed by atoms with Gasteiger partial charge < -0.3 is 15.5 Å². The van der Waals surface area contributed by atoms with Crippen molar-refractivity contribution >= 4 is 51.3 Å². The van der Waals surface area contributed by atoms with Gasteiger partial charge in [0.25, 0.3) is 0 Å². The molecule has 2 aliphatic heterocycles. The average Bonchev–Trinajstić information content (AvgIpc) is 3.11. The zero-order chi connectivity index (χ0) is 15.8. The SMILES string of the molecule is Cc1ccc(NC(=S)Nc2ccc3c(c2)N2CCN=C2S3)cc1. The monoisotopic (exact) mass is 340 g/mol. The standard InChI is InChI=1S/C17H16N4S2/c1-11-2-4-12(5-3-11)19-16(22)20-13-6-7-15-14(10-13)21-9-8-18-17(21)23-15/h2-7,10H,8-9H2,1H3,(H2,19,20,22). The first-order valence-electron chi connectivity index (χ1n) is 7.48. The smallest absolute Gasteiger partial charge is 0.175 e. The molecule has 0 fully saturated rings. The molecule has 0 spiro atoms. The van der Waals surface area contributed by atoms with Crippen LogP contribution in [-0.2, 0) is 0 Å². The minimum Gasteiger partial charge on any atom is -0.332 e. The molecule has 23 heavy (non-hydrogen) atoms. The summed E-state index contributed by atoms with van der Waals surface area (Å²) in [7, 11) is 0. The molecule has 2 aromatic rings. The first-order chi connectivity index (χ1) is 11.2. The summed E-state index contributed by atoms with van der Waals surface area (Å²) < 4.78 is 0. The first kappa shape index (κ1) is 14.5. The zero-order valence-electron chi connectivity index (χ0n) is 12.7. The van der Waals surface area contributed by atoms with Crippen LogP contribution in [0.15, 0.2) is 52.4 Å². The predicted molar refractivity (Wildman–Crippen MR) is 103 cm³/mol. The summed E-state index contributed by atoms with van der Waals surface area (Å²) in [6.45, 7) is 3.91. The van der Waals surface area contributed by atoms with Gasteiger partial charge in [-0.25, -0.2) is 0 Å². The maximum Gasteiger partial charge on any atom is 0.175 e. The number of benzene rings is 2. The number of anilines is 3. The second-order valence-electron chi connectivity index (χ2n) is 5.55. The molecular weight excluding hydrogens is 324 g/mol. The lowest BCUT2D eigenvalue weighted by molar-refractivity contribution is 1.02. The summed E-state index contributed by atoms with van der Waals surface area (Å²) in [5.41, 5.74) is 4.42. The molecule has 2 aliphatic rings. The molecule has 0 saturated heterocycles. The number of aryl methyl sites for hydroxylation is 1. The van der Waals surface area contributed by atoms with E-state index in [-0.39, 0.29) is 0 Å². The van der Waals surface area contributed by atoms with Crippen molar-refractivity contribution < 1.29 is 0 Å². The fraction of sp³-hybridized carbons (Fsp3) is 0.176. The highest BCUT2D eigenvalue weighted by Gasteiger charge is 2.29. The fourth-order valence-corrected chi connectivity index (χ4v) is 3.96. The number of thioether (sulfide) groups is 1. The molecule has 4 nitrogen and oxygen atoms in total. The van der Waals surface area contributed by atoms with Gasteiger partial charge in [-0.2, -0.15) is 0 Å². The lowest BCUT2D eigenvalue weighted by Crippen LogP contribution is -2.21. The number of nitrogens with one attached hydrogen (secondary N) is 2. The van der Waals surface area contributed by atoms with E-state index >= 15 is 0 Å². The first-order valence-corrected chi connectivity index (χ1v) is 8.70. The minimum atomic E-state index is 0.592. The molecule has 0 unspecified atom stereocenters. The van der Waals surface area contributed by atoms with Crippen LogP contribution in [0.4, 0.5) is 17.1 Å². The minimum absolute atomic E-state index is 0.592. The fourth-order valence-electron chi connectivity index (χ4n) is 2.66. The Bertz CT molecular complexity index is 799. The van der Waals surface area contributed by atoms with E-state index in [1.807, 2.05) is 12.1 Å². The summed E-state index contributed by atoms with van der Waals surface area (Å²) in [6.07, 6.45) is 0. The van der Waals surface area contributed by atoms with Crippen molar-refractivity contribution in [2.75, 3.05) is 28.6 Å². The Hall–Kier alpha value is -2.05. The Balaban J connectivity index is 1.47. The van der Waals surface area contributed by atoms with Crippen LogP contribution in [-0.4, -0.2) is 23.4 Å². The van der Waals surface area contributed by atoms with Crippen molar-refractivity contribution in [3.63, 3.8) is 0 Å². The van der Waals surface area contributed by atoms with Gasteiger partial charge in [0.2, 0.25) is 0 Å². The Kier molecular flexibility index (Phi) is 3.71. The number of hydrogen-bond acceptors (Lipinski definition) is 4. The second-order valence-corrected chi connectivity index (χ2v) is 6.96. The third-order valence-corrected chi connectivity index (χ3v) is 5.12. The predicted octanol–water partition coefficient (Wildman–Crippen LogP) is 4.09. The van der Waals surface area contributed by atoms with Crippen molar-refractivity contribution in [2.24, 2.45) is 4.99 Å². The van der Waals surface area contributed by atoms with Gasteiger partial charge in [0, 0.05) is 22.8 Å². The molecule has 2 heterocycles. The van der Waals surface area contributed by atoms with Gasteiger partial charge in [0.1, 0.15) is 0 Å². The molecule has 0 atom stereocenters. The quantitative estimate of drug-likeness (QED) is 0.806. The van der Waals surface area contributed by atoms with E-state index < -0.39 is 0 Å². The van der Waals surface area contributed by atoms with Crippen LogP contribution in [0.5, 0.6) is 0 Å². The van der Waals surface area contributed by atoms with Crippen LogP contribution in [0.2, 0.25) is 0 Å². The molecule has 0 saturated carbocycles. The Morgan fingerprint density at radius 2 is 1.87 bits per heavy atom. The maximum absolute atomic E-state index is 5.41. The van der Waals surface area contributed by atoms with E-state index in [4.69, 9.17) is 12.2 Å². The highest BCUT2D eigenvalue weighted by atomic mass is 32.2. The molecule has 0 bridgehead atoms. The third-order valence-electron chi connectivity index (χ3n) is 3.82. The van der Waals surface area contributed by atoms with Gasteiger partial charge >= 0.3 is 0 Å². The molecule has 116 valence electrons. The van der Waals surface area contributed by atoms with Gasteiger partial charge in [0.15, 0.2) is 10.3 Å². The van der Waals surface area contributed by atoms with Crippen LogP contribution in [0.25, 0.3) is 0 Å². The zero-order valence-corrected chi connectivity index (χ0v) is 14.3. The number of fused-ring (bicyclic) bond motifs is 3. The highest BCUT2D eigenvalue weighted by molar-refractivity contribution is 8.14. The van der Waals surface area contributed by atoms with E-state index in [0.717, 1.165) is 29.6 Å². The van der Waals surface area contributed by atoms with Gasteiger partial charge in [-0.15, -0.1) is 0 Å². The average molecular weight is 340 g/mol. The van der Waals surface area contributed by atoms with Crippen molar-refractivity contribution in [2.45, 2.75) is 11.8 Å². The number of aliphatic imine (C=N–C) groups is 1. The summed E-state index contributed by atoms with van der Waals surface area (Å²) in [5.74, 6) is 0. The number of amidine groups is 1. The van der Waals surface area contributed by atoms with E-state index in [1.165, 1.54) is 16.1 Å². The van der Waals surface area contributed by atoms with E-state index in [2.05, 4.69) is 57.8 Å². The summed E-state index contributed by atoms with van der Waals surface area (Å²) in [5, 5.41) is 8.17. The molecule has 2 aromatic carbocycles. The van der Waals surface area contributed by atoms with Crippen LogP contribution >= 0.6 is 24.0 Å². The molecule has 2 N–H and O–H groups in total. The molecule has 0 aromatic heterocycles. The lowest BCUT2D eigenvalue weighted by atomic mass is 10.2. The molecule has 0 amide bonds.